The minimum Gasteiger partial charge on any atom is -0.481 e. The van der Waals surface area contributed by atoms with E-state index in [0.717, 1.165) is 0 Å². The van der Waals surface area contributed by atoms with Gasteiger partial charge in [0.25, 0.3) is 0 Å². The summed E-state index contributed by atoms with van der Waals surface area (Å²) in [6, 6.07) is 4.91. The number of ether oxygens (including phenoxy) is 1. The number of carboxylic acid groups (broad SMARTS) is 1. The van der Waals surface area contributed by atoms with Crippen molar-refractivity contribution in [2.75, 3.05) is 7.11 Å². The Balaban J connectivity index is 2.85. The normalized spacial score (nSPS) is 10.4. The molecule has 0 saturated heterocycles. The predicted molar refractivity (Wildman–Crippen MR) is 60.3 cm³/mol. The Morgan fingerprint density at radius 2 is 2.19 bits per heavy atom. The topological polar surface area (TPSA) is 59.4 Å². The van der Waals surface area contributed by atoms with E-state index in [1.54, 1.807) is 18.2 Å². The molecule has 1 N–H and O–H groups in total. The van der Waals surface area contributed by atoms with E-state index < -0.39 is 5.97 Å². The lowest BCUT2D eigenvalue weighted by molar-refractivity contribution is 0.0698. The number of carboxylic acids is 1. The zero-order chi connectivity index (χ0) is 11.7. The molecule has 2 rings (SSSR count). The summed E-state index contributed by atoms with van der Waals surface area (Å²) in [6.45, 7) is 0. The Kier molecular flexibility index (Phi) is 2.66. The van der Waals surface area contributed by atoms with Gasteiger partial charge in [0, 0.05) is 22.0 Å². The SMILES string of the molecule is COc1ncc(C(=O)O)c2ccc(Cl)cc12. The third-order valence-electron chi connectivity index (χ3n) is 2.24. The average molecular weight is 238 g/mol. The molecular formula is C11H8ClNO3. The zero-order valence-electron chi connectivity index (χ0n) is 8.40. The van der Waals surface area contributed by atoms with Crippen LogP contribution in [-0.2, 0) is 0 Å². The van der Waals surface area contributed by atoms with Crippen molar-refractivity contribution < 1.29 is 14.6 Å². The van der Waals surface area contributed by atoms with E-state index in [-0.39, 0.29) is 5.56 Å². The minimum absolute atomic E-state index is 0.132. The first-order chi connectivity index (χ1) is 7.63. The fourth-order valence-corrected chi connectivity index (χ4v) is 1.70. The molecule has 0 atom stereocenters. The van der Waals surface area contributed by atoms with Gasteiger partial charge in [-0.2, -0.15) is 0 Å². The van der Waals surface area contributed by atoms with Gasteiger partial charge in [-0.25, -0.2) is 9.78 Å². The summed E-state index contributed by atoms with van der Waals surface area (Å²) in [5, 5.41) is 10.7. The van der Waals surface area contributed by atoms with Gasteiger partial charge in [-0.3, -0.25) is 0 Å². The molecule has 5 heteroatoms. The molecule has 82 valence electrons. The van der Waals surface area contributed by atoms with Gasteiger partial charge in [0.05, 0.1) is 12.7 Å². The number of nitrogens with zero attached hydrogens (tertiary/aromatic N) is 1. The van der Waals surface area contributed by atoms with E-state index in [9.17, 15) is 4.79 Å². The molecule has 16 heavy (non-hydrogen) atoms. The van der Waals surface area contributed by atoms with E-state index in [2.05, 4.69) is 4.98 Å². The van der Waals surface area contributed by atoms with E-state index >= 15 is 0 Å². The zero-order valence-corrected chi connectivity index (χ0v) is 9.15. The number of halogens is 1. The number of aromatic nitrogens is 1. The van der Waals surface area contributed by atoms with E-state index in [4.69, 9.17) is 21.4 Å². The molecule has 0 aliphatic rings. The van der Waals surface area contributed by atoms with E-state index in [1.165, 1.54) is 13.3 Å². The lowest BCUT2D eigenvalue weighted by Crippen LogP contribution is -2.00. The molecule has 4 nitrogen and oxygen atoms in total. The molecule has 0 amide bonds. The molecule has 1 aromatic heterocycles. The van der Waals surface area contributed by atoms with Gasteiger partial charge >= 0.3 is 5.97 Å². The van der Waals surface area contributed by atoms with Gasteiger partial charge in [-0.05, 0) is 12.1 Å². The smallest absolute Gasteiger partial charge is 0.337 e. The second-order valence-electron chi connectivity index (χ2n) is 3.18. The van der Waals surface area contributed by atoms with Crippen LogP contribution in [0.5, 0.6) is 5.88 Å². The van der Waals surface area contributed by atoms with Crippen molar-refractivity contribution in [2.45, 2.75) is 0 Å². The van der Waals surface area contributed by atoms with Crippen molar-refractivity contribution in [3.05, 3.63) is 35.0 Å². The Morgan fingerprint density at radius 1 is 1.44 bits per heavy atom. The lowest BCUT2D eigenvalue weighted by atomic mass is 10.1. The summed E-state index contributed by atoms with van der Waals surface area (Å²) in [5.74, 6) is -0.662. The van der Waals surface area contributed by atoms with Gasteiger partial charge in [0.2, 0.25) is 5.88 Å². The summed E-state index contributed by atoms with van der Waals surface area (Å²) in [7, 11) is 1.48. The predicted octanol–water partition coefficient (Wildman–Crippen LogP) is 2.60. The molecule has 0 bridgehead atoms. The number of benzene rings is 1. The summed E-state index contributed by atoms with van der Waals surface area (Å²) in [5.41, 5.74) is 0.132. The van der Waals surface area contributed by atoms with Crippen molar-refractivity contribution in [3.63, 3.8) is 0 Å². The van der Waals surface area contributed by atoms with Gasteiger partial charge in [0.1, 0.15) is 0 Å². The first-order valence-electron chi connectivity index (χ1n) is 4.49. The maximum atomic E-state index is 11.0. The van der Waals surface area contributed by atoms with Crippen LogP contribution in [0.25, 0.3) is 10.8 Å². The van der Waals surface area contributed by atoms with Crippen LogP contribution in [0.4, 0.5) is 0 Å². The Labute approximate surface area is 96.4 Å². The summed E-state index contributed by atoms with van der Waals surface area (Å²) >= 11 is 5.85. The summed E-state index contributed by atoms with van der Waals surface area (Å²) < 4.78 is 5.05. The maximum absolute atomic E-state index is 11.0. The Hall–Kier alpha value is -1.81. The second kappa shape index (κ2) is 3.98. The van der Waals surface area contributed by atoms with Crippen molar-refractivity contribution in [2.24, 2.45) is 0 Å². The monoisotopic (exact) mass is 237 g/mol. The van der Waals surface area contributed by atoms with Crippen LogP contribution in [-0.4, -0.2) is 23.2 Å². The number of hydrogen-bond donors (Lipinski definition) is 1. The third kappa shape index (κ3) is 1.67. The van der Waals surface area contributed by atoms with Gasteiger partial charge in [-0.1, -0.05) is 17.7 Å². The molecule has 0 aliphatic carbocycles. The fourth-order valence-electron chi connectivity index (χ4n) is 1.52. The van der Waals surface area contributed by atoms with E-state index in [0.29, 0.717) is 21.7 Å². The molecule has 1 heterocycles. The van der Waals surface area contributed by atoms with Crippen LogP contribution in [0.1, 0.15) is 10.4 Å². The summed E-state index contributed by atoms with van der Waals surface area (Å²) in [6.07, 6.45) is 1.28. The van der Waals surface area contributed by atoms with E-state index in [1.807, 2.05) is 0 Å². The number of pyridine rings is 1. The number of aromatic carboxylic acids is 1. The molecule has 0 unspecified atom stereocenters. The first kappa shape index (κ1) is 10.7. The Morgan fingerprint density at radius 3 is 2.81 bits per heavy atom. The van der Waals surface area contributed by atoms with Crippen molar-refractivity contribution in [1.82, 2.24) is 4.98 Å². The highest BCUT2D eigenvalue weighted by Crippen LogP contribution is 2.28. The highest BCUT2D eigenvalue weighted by atomic mass is 35.5. The second-order valence-corrected chi connectivity index (χ2v) is 3.61. The van der Waals surface area contributed by atoms with Crippen LogP contribution in [0, 0.1) is 0 Å². The standard InChI is InChI=1S/C11H8ClNO3/c1-16-10-8-4-6(12)2-3-7(8)9(5-13-10)11(14)15/h2-5H,1H3,(H,14,15). The number of methoxy groups -OCH3 is 1. The molecule has 0 saturated carbocycles. The van der Waals surface area contributed by atoms with Crippen molar-refractivity contribution in [1.29, 1.82) is 0 Å². The molecule has 2 aromatic rings. The van der Waals surface area contributed by atoms with Crippen molar-refractivity contribution in [3.8, 4) is 5.88 Å². The molecule has 0 radical (unpaired) electrons. The van der Waals surface area contributed by atoms with Crippen LogP contribution in [0.2, 0.25) is 5.02 Å². The van der Waals surface area contributed by atoms with Crippen molar-refractivity contribution >= 4 is 28.3 Å². The van der Waals surface area contributed by atoms with Gasteiger partial charge < -0.3 is 9.84 Å². The summed E-state index contributed by atoms with van der Waals surface area (Å²) in [4.78, 5) is 14.9. The number of fused-ring (bicyclic) bond motifs is 1. The number of rotatable bonds is 2. The maximum Gasteiger partial charge on any atom is 0.337 e. The van der Waals surface area contributed by atoms with Gasteiger partial charge in [0.15, 0.2) is 0 Å². The molecule has 0 fully saturated rings. The third-order valence-corrected chi connectivity index (χ3v) is 2.47. The molecule has 1 aromatic carbocycles. The molecule has 0 aliphatic heterocycles. The average Bonchev–Trinajstić information content (AvgIpc) is 2.27. The van der Waals surface area contributed by atoms with Crippen LogP contribution < -0.4 is 4.74 Å². The molecule has 0 spiro atoms. The fraction of sp³-hybridized carbons (Fsp3) is 0.0909. The lowest BCUT2D eigenvalue weighted by Gasteiger charge is -2.06. The quantitative estimate of drug-likeness (QED) is 0.872. The van der Waals surface area contributed by atoms with Crippen LogP contribution in [0.15, 0.2) is 24.4 Å². The number of carbonyl (C=O) groups is 1. The van der Waals surface area contributed by atoms with Gasteiger partial charge in [-0.15, -0.1) is 0 Å². The Bertz CT molecular complexity index is 568. The largest absolute Gasteiger partial charge is 0.481 e. The highest BCUT2D eigenvalue weighted by molar-refractivity contribution is 6.31. The highest BCUT2D eigenvalue weighted by Gasteiger charge is 2.13. The molecular weight excluding hydrogens is 230 g/mol. The van der Waals surface area contributed by atoms with Crippen LogP contribution >= 0.6 is 11.6 Å². The first-order valence-corrected chi connectivity index (χ1v) is 4.87. The minimum atomic E-state index is -1.03. The number of hydrogen-bond acceptors (Lipinski definition) is 3. The van der Waals surface area contributed by atoms with Crippen LogP contribution in [0.3, 0.4) is 0 Å².